The predicted molar refractivity (Wildman–Crippen MR) is 58.5 cm³/mol. The first kappa shape index (κ1) is 10.3. The van der Waals surface area contributed by atoms with Crippen molar-refractivity contribution in [2.24, 2.45) is 0 Å². The maximum Gasteiger partial charge on any atom is 0.255 e. The van der Waals surface area contributed by atoms with Crippen LogP contribution in [0, 0.1) is 0 Å². The summed E-state index contributed by atoms with van der Waals surface area (Å²) in [6.07, 6.45) is 0. The highest BCUT2D eigenvalue weighted by molar-refractivity contribution is 6.31. The van der Waals surface area contributed by atoms with Gasteiger partial charge in [-0.1, -0.05) is 11.6 Å². The molecule has 1 amide bonds. The molecular formula is C11H12ClNO2. The van der Waals surface area contributed by atoms with Crippen LogP contribution in [-0.2, 0) is 0 Å². The average Bonchev–Trinajstić information content (AvgIpc) is 2.26. The highest BCUT2D eigenvalue weighted by Crippen LogP contribution is 2.28. The summed E-state index contributed by atoms with van der Waals surface area (Å²) in [7, 11) is 0. The Morgan fingerprint density at radius 3 is 2.93 bits per heavy atom. The van der Waals surface area contributed by atoms with Crippen LogP contribution in [0.1, 0.15) is 24.2 Å². The zero-order chi connectivity index (χ0) is 11.1. The van der Waals surface area contributed by atoms with Crippen molar-refractivity contribution in [3.63, 3.8) is 0 Å². The van der Waals surface area contributed by atoms with E-state index in [1.165, 1.54) is 0 Å². The maximum absolute atomic E-state index is 11.7. The van der Waals surface area contributed by atoms with Gasteiger partial charge in [0.05, 0.1) is 12.1 Å². The Morgan fingerprint density at radius 2 is 2.20 bits per heavy atom. The monoisotopic (exact) mass is 225 g/mol. The third kappa shape index (κ3) is 2.07. The summed E-state index contributed by atoms with van der Waals surface area (Å²) in [6, 6.07) is 5.06. The second-order valence-electron chi connectivity index (χ2n) is 4.18. The minimum atomic E-state index is -0.394. The van der Waals surface area contributed by atoms with Crippen LogP contribution in [0.4, 0.5) is 0 Å². The Bertz CT molecular complexity index is 415. The molecule has 0 bridgehead atoms. The molecule has 1 heterocycles. The number of hydrogen-bond acceptors (Lipinski definition) is 2. The second-order valence-corrected chi connectivity index (χ2v) is 4.62. The molecule has 0 aliphatic carbocycles. The minimum absolute atomic E-state index is 0.141. The SMILES string of the molecule is CC1(C)CNC(=O)c2cc(Cl)ccc2O1. The van der Waals surface area contributed by atoms with Crippen LogP contribution < -0.4 is 10.1 Å². The van der Waals surface area contributed by atoms with Crippen molar-refractivity contribution in [2.75, 3.05) is 6.54 Å². The molecule has 1 aromatic rings. The Kier molecular flexibility index (Phi) is 2.35. The Hall–Kier alpha value is -1.22. The van der Waals surface area contributed by atoms with Gasteiger partial charge < -0.3 is 10.1 Å². The molecule has 3 nitrogen and oxygen atoms in total. The number of fused-ring (bicyclic) bond motifs is 1. The molecular weight excluding hydrogens is 214 g/mol. The highest BCUT2D eigenvalue weighted by atomic mass is 35.5. The fourth-order valence-corrected chi connectivity index (χ4v) is 1.66. The lowest BCUT2D eigenvalue weighted by Gasteiger charge is -2.23. The van der Waals surface area contributed by atoms with E-state index in [0.717, 1.165) is 0 Å². The molecule has 0 aromatic heterocycles. The number of carbonyl (C=O) groups is 1. The third-order valence-electron chi connectivity index (χ3n) is 2.25. The van der Waals surface area contributed by atoms with E-state index in [2.05, 4.69) is 5.32 Å². The van der Waals surface area contributed by atoms with Crippen LogP contribution in [0.3, 0.4) is 0 Å². The summed E-state index contributed by atoms with van der Waals surface area (Å²) in [6.45, 7) is 4.34. The van der Waals surface area contributed by atoms with E-state index in [-0.39, 0.29) is 5.91 Å². The zero-order valence-electron chi connectivity index (χ0n) is 8.63. The Balaban J connectivity index is 2.49. The van der Waals surface area contributed by atoms with Crippen LogP contribution in [0.15, 0.2) is 18.2 Å². The molecule has 0 saturated carbocycles. The first-order valence-corrected chi connectivity index (χ1v) is 5.12. The topological polar surface area (TPSA) is 38.3 Å². The number of rotatable bonds is 0. The van der Waals surface area contributed by atoms with Crippen molar-refractivity contribution >= 4 is 17.5 Å². The third-order valence-corrected chi connectivity index (χ3v) is 2.48. The van der Waals surface area contributed by atoms with Crippen molar-refractivity contribution < 1.29 is 9.53 Å². The van der Waals surface area contributed by atoms with Gasteiger partial charge in [-0.3, -0.25) is 4.79 Å². The molecule has 0 spiro atoms. The molecule has 0 fully saturated rings. The maximum atomic E-state index is 11.7. The summed E-state index contributed by atoms with van der Waals surface area (Å²) in [5.74, 6) is 0.442. The van der Waals surface area contributed by atoms with Crippen molar-refractivity contribution in [3.8, 4) is 5.75 Å². The Morgan fingerprint density at radius 1 is 1.47 bits per heavy atom. The van der Waals surface area contributed by atoms with Crippen LogP contribution in [0.2, 0.25) is 5.02 Å². The van der Waals surface area contributed by atoms with Gasteiger partial charge in [0.1, 0.15) is 11.4 Å². The van der Waals surface area contributed by atoms with Crippen LogP contribution in [0.5, 0.6) is 5.75 Å². The van der Waals surface area contributed by atoms with Gasteiger partial charge >= 0.3 is 0 Å². The lowest BCUT2D eigenvalue weighted by atomic mass is 10.1. The second kappa shape index (κ2) is 3.42. The summed E-state index contributed by atoms with van der Waals surface area (Å²) in [5.41, 5.74) is 0.0995. The van der Waals surface area contributed by atoms with Crippen molar-refractivity contribution in [3.05, 3.63) is 28.8 Å². The summed E-state index contributed by atoms with van der Waals surface area (Å²) >= 11 is 5.83. The molecule has 1 aromatic carbocycles. The smallest absolute Gasteiger partial charge is 0.255 e. The molecule has 2 rings (SSSR count). The van der Waals surface area contributed by atoms with Crippen LogP contribution >= 0.6 is 11.6 Å². The van der Waals surface area contributed by atoms with Gasteiger partial charge in [0, 0.05) is 5.02 Å². The van der Waals surface area contributed by atoms with Gasteiger partial charge in [0.15, 0.2) is 0 Å². The first-order valence-electron chi connectivity index (χ1n) is 4.75. The predicted octanol–water partition coefficient (Wildman–Crippen LogP) is 2.24. The van der Waals surface area contributed by atoms with E-state index in [1.54, 1.807) is 18.2 Å². The molecule has 1 aliphatic heterocycles. The quantitative estimate of drug-likeness (QED) is 0.736. The molecule has 1 aliphatic rings. The zero-order valence-corrected chi connectivity index (χ0v) is 9.39. The molecule has 0 atom stereocenters. The number of halogens is 1. The molecule has 80 valence electrons. The van der Waals surface area contributed by atoms with Gasteiger partial charge in [0.25, 0.3) is 5.91 Å². The Labute approximate surface area is 93.4 Å². The number of benzene rings is 1. The lowest BCUT2D eigenvalue weighted by Crippen LogP contribution is -2.39. The molecule has 0 radical (unpaired) electrons. The summed E-state index contributed by atoms with van der Waals surface area (Å²) in [5, 5.41) is 3.33. The van der Waals surface area contributed by atoms with Crippen LogP contribution in [-0.4, -0.2) is 18.1 Å². The largest absolute Gasteiger partial charge is 0.485 e. The van der Waals surface area contributed by atoms with Crippen molar-refractivity contribution in [2.45, 2.75) is 19.4 Å². The fourth-order valence-electron chi connectivity index (χ4n) is 1.49. The van der Waals surface area contributed by atoms with Crippen LogP contribution in [0.25, 0.3) is 0 Å². The highest BCUT2D eigenvalue weighted by Gasteiger charge is 2.28. The molecule has 0 saturated heterocycles. The fraction of sp³-hybridized carbons (Fsp3) is 0.364. The molecule has 15 heavy (non-hydrogen) atoms. The number of ether oxygens (including phenoxy) is 1. The van der Waals surface area contributed by atoms with Crippen molar-refractivity contribution in [1.82, 2.24) is 5.32 Å². The normalized spacial score (nSPS) is 18.5. The van der Waals surface area contributed by atoms with E-state index in [4.69, 9.17) is 16.3 Å². The van der Waals surface area contributed by atoms with Gasteiger partial charge in [-0.2, -0.15) is 0 Å². The van der Waals surface area contributed by atoms with Crippen molar-refractivity contribution in [1.29, 1.82) is 0 Å². The lowest BCUT2D eigenvalue weighted by molar-refractivity contribution is 0.0907. The number of carbonyl (C=O) groups excluding carboxylic acids is 1. The number of nitrogens with one attached hydrogen (secondary N) is 1. The van der Waals surface area contributed by atoms with E-state index in [9.17, 15) is 4.79 Å². The van der Waals surface area contributed by atoms with Gasteiger partial charge in [-0.05, 0) is 32.0 Å². The van der Waals surface area contributed by atoms with Gasteiger partial charge in [0.2, 0.25) is 0 Å². The molecule has 4 heteroatoms. The van der Waals surface area contributed by atoms with E-state index < -0.39 is 5.60 Å². The molecule has 0 unspecified atom stereocenters. The first-order chi connectivity index (χ1) is 6.98. The van der Waals surface area contributed by atoms with E-state index >= 15 is 0 Å². The number of hydrogen-bond donors (Lipinski definition) is 1. The molecule has 1 N–H and O–H groups in total. The minimum Gasteiger partial charge on any atom is -0.485 e. The van der Waals surface area contributed by atoms with E-state index in [1.807, 2.05) is 13.8 Å². The standard InChI is InChI=1S/C11H12ClNO2/c1-11(2)6-13-10(14)8-5-7(12)3-4-9(8)15-11/h3-5H,6H2,1-2H3,(H,13,14). The van der Waals surface area contributed by atoms with Gasteiger partial charge in [-0.25, -0.2) is 0 Å². The average molecular weight is 226 g/mol. The summed E-state index contributed by atoms with van der Waals surface area (Å²) in [4.78, 5) is 11.7. The number of amides is 1. The van der Waals surface area contributed by atoms with Gasteiger partial charge in [-0.15, -0.1) is 0 Å². The summed E-state index contributed by atoms with van der Waals surface area (Å²) < 4.78 is 5.73. The van der Waals surface area contributed by atoms with E-state index in [0.29, 0.717) is 22.9 Å².